The van der Waals surface area contributed by atoms with Gasteiger partial charge in [-0.3, -0.25) is 4.98 Å². The Labute approximate surface area is 77.5 Å². The molecule has 1 aliphatic heterocycles. The van der Waals surface area contributed by atoms with Crippen LogP contribution in [0.3, 0.4) is 0 Å². The maximum atomic E-state index is 4.38. The molecule has 0 saturated heterocycles. The third-order valence-corrected chi connectivity index (χ3v) is 1.91. The van der Waals surface area contributed by atoms with Crippen molar-refractivity contribution >= 4 is 5.82 Å². The van der Waals surface area contributed by atoms with Crippen molar-refractivity contribution in [2.45, 2.75) is 6.92 Å². The second kappa shape index (κ2) is 3.05. The van der Waals surface area contributed by atoms with Gasteiger partial charge in [-0.2, -0.15) is 0 Å². The van der Waals surface area contributed by atoms with Crippen LogP contribution in [0.4, 0.5) is 5.82 Å². The van der Waals surface area contributed by atoms with Crippen LogP contribution in [0.2, 0.25) is 0 Å². The summed E-state index contributed by atoms with van der Waals surface area (Å²) >= 11 is 0. The molecule has 2 heterocycles. The minimum atomic E-state index is 0.845. The average Bonchev–Trinajstić information content (AvgIpc) is 2.52. The van der Waals surface area contributed by atoms with Crippen LogP contribution >= 0.6 is 0 Å². The van der Waals surface area contributed by atoms with Crippen LogP contribution < -0.4 is 4.90 Å². The monoisotopic (exact) mass is 176 g/mol. The van der Waals surface area contributed by atoms with Gasteiger partial charge in [0.1, 0.15) is 0 Å². The first-order chi connectivity index (χ1) is 6.25. The fraction of sp³-hybridized carbons (Fsp3) is 0.333. The highest BCUT2D eigenvalue weighted by Crippen LogP contribution is 2.14. The maximum absolute atomic E-state index is 4.38. The van der Waals surface area contributed by atoms with Gasteiger partial charge in [0.25, 0.3) is 0 Å². The van der Waals surface area contributed by atoms with Crippen LogP contribution in [0.1, 0.15) is 5.69 Å². The van der Waals surface area contributed by atoms with Gasteiger partial charge in [0.05, 0.1) is 18.6 Å². The third-order valence-electron chi connectivity index (χ3n) is 1.91. The quantitative estimate of drug-likeness (QED) is 0.638. The van der Waals surface area contributed by atoms with E-state index in [2.05, 4.69) is 19.8 Å². The van der Waals surface area contributed by atoms with Crippen LogP contribution in [0.25, 0.3) is 0 Å². The van der Waals surface area contributed by atoms with Gasteiger partial charge in [0.2, 0.25) is 0 Å². The third kappa shape index (κ3) is 1.61. The molecular formula is C9H12N4. The highest BCUT2D eigenvalue weighted by molar-refractivity contribution is 5.41. The molecule has 0 fully saturated rings. The molecule has 13 heavy (non-hydrogen) atoms. The van der Waals surface area contributed by atoms with Crippen molar-refractivity contribution in [1.82, 2.24) is 14.9 Å². The minimum absolute atomic E-state index is 0.845. The van der Waals surface area contributed by atoms with E-state index < -0.39 is 0 Å². The molecule has 4 nitrogen and oxygen atoms in total. The number of anilines is 1. The predicted molar refractivity (Wildman–Crippen MR) is 51.0 cm³/mol. The summed E-state index contributed by atoms with van der Waals surface area (Å²) in [6, 6.07) is 0. The maximum Gasteiger partial charge on any atom is 0.152 e. The van der Waals surface area contributed by atoms with E-state index in [0.29, 0.717) is 0 Å². The lowest BCUT2D eigenvalue weighted by Gasteiger charge is -2.16. The lowest BCUT2D eigenvalue weighted by atomic mass is 10.5. The molecule has 0 unspecified atom stereocenters. The summed E-state index contributed by atoms with van der Waals surface area (Å²) in [4.78, 5) is 12.6. The molecule has 0 aromatic carbocycles. The summed E-state index contributed by atoms with van der Waals surface area (Å²) in [5.74, 6) is 0.903. The van der Waals surface area contributed by atoms with E-state index in [4.69, 9.17) is 0 Å². The highest BCUT2D eigenvalue weighted by atomic mass is 15.3. The zero-order chi connectivity index (χ0) is 9.26. The molecule has 0 N–H and O–H groups in total. The molecule has 0 amide bonds. The molecule has 0 atom stereocenters. The van der Waals surface area contributed by atoms with Gasteiger partial charge in [0.15, 0.2) is 5.82 Å². The number of nitrogens with zero attached hydrogens (tertiary/aromatic N) is 4. The van der Waals surface area contributed by atoms with Crippen molar-refractivity contribution in [3.8, 4) is 0 Å². The van der Waals surface area contributed by atoms with E-state index in [1.165, 1.54) is 0 Å². The van der Waals surface area contributed by atoms with Crippen LogP contribution in [-0.4, -0.2) is 28.6 Å². The van der Waals surface area contributed by atoms with Crippen LogP contribution in [0.15, 0.2) is 24.8 Å². The van der Waals surface area contributed by atoms with E-state index in [9.17, 15) is 0 Å². The average molecular weight is 176 g/mol. The first kappa shape index (κ1) is 8.04. The smallest absolute Gasteiger partial charge is 0.152 e. The number of aryl methyl sites for hydroxylation is 1. The normalized spacial score (nSPS) is 15.5. The van der Waals surface area contributed by atoms with E-state index in [0.717, 1.165) is 18.2 Å². The molecule has 4 heteroatoms. The molecular weight excluding hydrogens is 164 g/mol. The number of hydrogen-bond acceptors (Lipinski definition) is 4. The SMILES string of the molecule is Cc1cncc(N2C=CN(C)C2)n1. The molecule has 0 aliphatic carbocycles. The standard InChI is InChI=1S/C9H12N4/c1-8-5-10-6-9(11-8)13-4-3-12(2)7-13/h3-6H,7H2,1-2H3. The van der Waals surface area contributed by atoms with Crippen molar-refractivity contribution < 1.29 is 0 Å². The van der Waals surface area contributed by atoms with Crippen molar-refractivity contribution in [2.75, 3.05) is 18.6 Å². The molecule has 2 rings (SSSR count). The predicted octanol–water partition coefficient (Wildman–Crippen LogP) is 0.966. The van der Waals surface area contributed by atoms with E-state index >= 15 is 0 Å². The number of aromatic nitrogens is 2. The van der Waals surface area contributed by atoms with Crippen LogP contribution in [-0.2, 0) is 0 Å². The Bertz CT molecular complexity index is 334. The Kier molecular flexibility index (Phi) is 1.88. The molecule has 0 radical (unpaired) electrons. The first-order valence-electron chi connectivity index (χ1n) is 4.19. The summed E-state index contributed by atoms with van der Waals surface area (Å²) in [5.41, 5.74) is 0.945. The van der Waals surface area contributed by atoms with Gasteiger partial charge >= 0.3 is 0 Å². The van der Waals surface area contributed by atoms with Gasteiger partial charge in [-0.25, -0.2) is 4.98 Å². The van der Waals surface area contributed by atoms with Gasteiger partial charge in [0, 0.05) is 25.6 Å². The molecule has 1 aromatic rings. The lowest BCUT2D eigenvalue weighted by Crippen LogP contribution is -2.22. The summed E-state index contributed by atoms with van der Waals surface area (Å²) in [5, 5.41) is 0. The summed E-state index contributed by atoms with van der Waals surface area (Å²) < 4.78 is 0. The zero-order valence-electron chi connectivity index (χ0n) is 7.81. The summed E-state index contributed by atoms with van der Waals surface area (Å²) in [6.07, 6.45) is 7.55. The first-order valence-corrected chi connectivity index (χ1v) is 4.19. The Morgan fingerprint density at radius 3 is 2.77 bits per heavy atom. The zero-order valence-corrected chi connectivity index (χ0v) is 7.81. The Balaban J connectivity index is 2.22. The van der Waals surface area contributed by atoms with Crippen molar-refractivity contribution in [2.24, 2.45) is 0 Å². The lowest BCUT2D eigenvalue weighted by molar-refractivity contribution is 0.494. The van der Waals surface area contributed by atoms with Crippen molar-refractivity contribution in [3.05, 3.63) is 30.5 Å². The number of rotatable bonds is 1. The molecule has 68 valence electrons. The van der Waals surface area contributed by atoms with Crippen molar-refractivity contribution in [3.63, 3.8) is 0 Å². The van der Waals surface area contributed by atoms with Crippen molar-refractivity contribution in [1.29, 1.82) is 0 Å². The van der Waals surface area contributed by atoms with Gasteiger partial charge in [-0.1, -0.05) is 0 Å². The van der Waals surface area contributed by atoms with E-state index in [1.807, 2.05) is 26.4 Å². The fourth-order valence-electron chi connectivity index (χ4n) is 1.27. The Morgan fingerprint density at radius 1 is 1.31 bits per heavy atom. The van der Waals surface area contributed by atoms with E-state index in [1.54, 1.807) is 12.4 Å². The number of hydrogen-bond donors (Lipinski definition) is 0. The summed E-state index contributed by atoms with van der Waals surface area (Å²) in [7, 11) is 2.03. The highest BCUT2D eigenvalue weighted by Gasteiger charge is 2.11. The Hall–Kier alpha value is -1.58. The largest absolute Gasteiger partial charge is 0.361 e. The Morgan fingerprint density at radius 2 is 2.15 bits per heavy atom. The van der Waals surface area contributed by atoms with Gasteiger partial charge in [-0.05, 0) is 6.92 Å². The molecule has 0 bridgehead atoms. The molecule has 0 spiro atoms. The van der Waals surface area contributed by atoms with Crippen LogP contribution in [0, 0.1) is 6.92 Å². The summed E-state index contributed by atoms with van der Waals surface area (Å²) in [6.45, 7) is 2.79. The molecule has 0 saturated carbocycles. The fourth-order valence-corrected chi connectivity index (χ4v) is 1.27. The topological polar surface area (TPSA) is 32.3 Å². The minimum Gasteiger partial charge on any atom is -0.361 e. The van der Waals surface area contributed by atoms with Gasteiger partial charge in [-0.15, -0.1) is 0 Å². The van der Waals surface area contributed by atoms with Gasteiger partial charge < -0.3 is 9.80 Å². The second-order valence-electron chi connectivity index (χ2n) is 3.19. The molecule has 1 aliphatic rings. The van der Waals surface area contributed by atoms with E-state index in [-0.39, 0.29) is 0 Å². The van der Waals surface area contributed by atoms with Crippen LogP contribution in [0.5, 0.6) is 0 Å². The molecule has 1 aromatic heterocycles. The second-order valence-corrected chi connectivity index (χ2v) is 3.19.